The number of urea groups is 1. The van der Waals surface area contributed by atoms with Gasteiger partial charge >= 0.3 is 12.0 Å². The third kappa shape index (κ3) is 5.78. The molecule has 1 aromatic carbocycles. The molecule has 7 nitrogen and oxygen atoms in total. The molecule has 0 spiro atoms. The van der Waals surface area contributed by atoms with Gasteiger partial charge in [-0.2, -0.15) is 0 Å². The smallest absolute Gasteiger partial charge is 0.326 e. The molecule has 3 amide bonds. The van der Waals surface area contributed by atoms with E-state index in [0.717, 1.165) is 12.1 Å². The van der Waals surface area contributed by atoms with Crippen LogP contribution in [0.2, 0.25) is 0 Å². The van der Waals surface area contributed by atoms with E-state index >= 15 is 0 Å². The highest BCUT2D eigenvalue weighted by molar-refractivity contribution is 9.10. The van der Waals surface area contributed by atoms with Crippen molar-refractivity contribution in [2.75, 3.05) is 5.32 Å². The van der Waals surface area contributed by atoms with Gasteiger partial charge in [-0.3, -0.25) is 4.79 Å². The zero-order chi connectivity index (χ0) is 16.0. The third-order valence-corrected chi connectivity index (χ3v) is 3.12. The first kappa shape index (κ1) is 16.9. The second-order valence-corrected chi connectivity index (χ2v) is 4.97. The molecule has 1 atom stereocenters. The summed E-state index contributed by atoms with van der Waals surface area (Å²) in [5.74, 6) is -2.44. The summed E-state index contributed by atoms with van der Waals surface area (Å²) in [6, 6.07) is 1.56. The fourth-order valence-corrected chi connectivity index (χ4v) is 1.90. The quantitative estimate of drug-likeness (QED) is 0.612. The summed E-state index contributed by atoms with van der Waals surface area (Å²) in [6.07, 6.45) is -0.292. The largest absolute Gasteiger partial charge is 0.480 e. The van der Waals surface area contributed by atoms with Gasteiger partial charge in [-0.1, -0.05) is 0 Å². The fraction of sp³-hybridized carbons (Fsp3) is 0.250. The zero-order valence-electron chi connectivity index (χ0n) is 10.7. The first-order valence-corrected chi connectivity index (χ1v) is 6.62. The monoisotopic (exact) mass is 361 g/mol. The fourth-order valence-electron chi connectivity index (χ4n) is 1.45. The van der Waals surface area contributed by atoms with Crippen LogP contribution in [0.4, 0.5) is 14.9 Å². The number of carboxylic acid groups (broad SMARTS) is 1. The van der Waals surface area contributed by atoms with Crippen molar-refractivity contribution < 1.29 is 23.9 Å². The second-order valence-electron chi connectivity index (χ2n) is 4.12. The molecule has 1 rings (SSSR count). The van der Waals surface area contributed by atoms with E-state index in [1.54, 1.807) is 0 Å². The van der Waals surface area contributed by atoms with Crippen LogP contribution in [0, 0.1) is 5.82 Å². The van der Waals surface area contributed by atoms with Crippen LogP contribution in [-0.2, 0) is 9.59 Å². The molecule has 0 aliphatic carbocycles. The summed E-state index contributed by atoms with van der Waals surface area (Å²) in [5.41, 5.74) is 5.20. The number of anilines is 1. The Morgan fingerprint density at radius 1 is 1.38 bits per heavy atom. The highest BCUT2D eigenvalue weighted by Crippen LogP contribution is 2.22. The molecule has 5 N–H and O–H groups in total. The molecule has 1 aromatic rings. The van der Waals surface area contributed by atoms with Crippen molar-refractivity contribution in [1.29, 1.82) is 0 Å². The van der Waals surface area contributed by atoms with Gasteiger partial charge in [0.25, 0.3) is 0 Å². The van der Waals surface area contributed by atoms with Gasteiger partial charge in [-0.05, 0) is 40.5 Å². The Kier molecular flexibility index (Phi) is 6.10. The predicted molar refractivity (Wildman–Crippen MR) is 76.1 cm³/mol. The minimum atomic E-state index is -1.29. The van der Waals surface area contributed by atoms with Gasteiger partial charge in [0.05, 0.1) is 5.69 Å². The maximum absolute atomic E-state index is 12.9. The zero-order valence-corrected chi connectivity index (χ0v) is 12.3. The number of primary amides is 1. The van der Waals surface area contributed by atoms with Crippen LogP contribution in [0.25, 0.3) is 0 Å². The molecule has 0 saturated heterocycles. The van der Waals surface area contributed by atoms with Crippen molar-refractivity contribution in [3.63, 3.8) is 0 Å². The van der Waals surface area contributed by atoms with Crippen molar-refractivity contribution in [3.8, 4) is 0 Å². The van der Waals surface area contributed by atoms with Crippen LogP contribution in [0.5, 0.6) is 0 Å². The third-order valence-electron chi connectivity index (χ3n) is 2.46. The van der Waals surface area contributed by atoms with Crippen molar-refractivity contribution in [3.05, 3.63) is 28.5 Å². The minimum Gasteiger partial charge on any atom is -0.480 e. The molecule has 0 aliphatic heterocycles. The Bertz CT molecular complexity index is 567. The standard InChI is InChI=1S/C12H13BrFN3O4/c13-7-5-6(14)1-2-8(7)16-12(21)17-9(11(19)20)3-4-10(15)18/h1-2,5,9H,3-4H2,(H2,15,18)(H,19,20)(H2,16,17,21)/t9-/m1/s1. The number of nitrogens with two attached hydrogens (primary N) is 1. The Morgan fingerprint density at radius 2 is 2.05 bits per heavy atom. The average Bonchev–Trinajstić information content (AvgIpc) is 2.37. The van der Waals surface area contributed by atoms with Crippen molar-refractivity contribution >= 4 is 39.5 Å². The van der Waals surface area contributed by atoms with Crippen LogP contribution in [0.1, 0.15) is 12.8 Å². The van der Waals surface area contributed by atoms with E-state index in [4.69, 9.17) is 10.8 Å². The van der Waals surface area contributed by atoms with Gasteiger partial charge in [0.2, 0.25) is 5.91 Å². The molecule has 0 fully saturated rings. The number of halogens is 2. The number of benzene rings is 1. The van der Waals surface area contributed by atoms with E-state index in [-0.39, 0.29) is 18.5 Å². The van der Waals surface area contributed by atoms with E-state index in [1.807, 2.05) is 0 Å². The molecular weight excluding hydrogens is 349 g/mol. The van der Waals surface area contributed by atoms with Crippen molar-refractivity contribution in [2.24, 2.45) is 5.73 Å². The van der Waals surface area contributed by atoms with Gasteiger partial charge in [0.1, 0.15) is 11.9 Å². The maximum Gasteiger partial charge on any atom is 0.326 e. The Morgan fingerprint density at radius 3 is 2.57 bits per heavy atom. The Balaban J connectivity index is 2.65. The topological polar surface area (TPSA) is 122 Å². The summed E-state index contributed by atoms with van der Waals surface area (Å²) >= 11 is 3.06. The van der Waals surface area contributed by atoms with E-state index in [1.165, 1.54) is 6.07 Å². The lowest BCUT2D eigenvalue weighted by Crippen LogP contribution is -2.43. The minimum absolute atomic E-state index is 0.122. The summed E-state index contributed by atoms with van der Waals surface area (Å²) in [4.78, 5) is 33.3. The number of carbonyl (C=O) groups is 3. The summed E-state index contributed by atoms with van der Waals surface area (Å²) in [7, 11) is 0. The predicted octanol–water partition coefficient (Wildman–Crippen LogP) is 1.43. The van der Waals surface area contributed by atoms with Gasteiger partial charge in [0, 0.05) is 10.9 Å². The van der Waals surface area contributed by atoms with Gasteiger partial charge in [0.15, 0.2) is 0 Å². The molecule has 0 bridgehead atoms. The second kappa shape index (κ2) is 7.58. The molecule has 0 aliphatic rings. The van der Waals surface area contributed by atoms with Gasteiger partial charge < -0.3 is 21.5 Å². The van der Waals surface area contributed by atoms with Crippen LogP contribution in [-0.4, -0.2) is 29.1 Å². The molecule has 114 valence electrons. The van der Waals surface area contributed by atoms with Crippen LogP contribution < -0.4 is 16.4 Å². The van der Waals surface area contributed by atoms with E-state index < -0.39 is 29.8 Å². The molecule has 0 radical (unpaired) electrons. The first-order chi connectivity index (χ1) is 9.79. The van der Waals surface area contributed by atoms with E-state index in [2.05, 4.69) is 26.6 Å². The molecule has 21 heavy (non-hydrogen) atoms. The number of amides is 3. The van der Waals surface area contributed by atoms with E-state index in [9.17, 15) is 18.8 Å². The average molecular weight is 362 g/mol. The summed E-state index contributed by atoms with van der Waals surface area (Å²) in [5, 5.41) is 13.5. The number of hydrogen-bond donors (Lipinski definition) is 4. The highest BCUT2D eigenvalue weighted by atomic mass is 79.9. The molecule has 9 heteroatoms. The first-order valence-electron chi connectivity index (χ1n) is 5.83. The number of carboxylic acids is 1. The van der Waals surface area contributed by atoms with Crippen molar-refractivity contribution in [2.45, 2.75) is 18.9 Å². The number of rotatable bonds is 6. The lowest BCUT2D eigenvalue weighted by atomic mass is 10.1. The number of carbonyl (C=O) groups excluding carboxylic acids is 2. The highest BCUT2D eigenvalue weighted by Gasteiger charge is 2.20. The molecule has 0 aromatic heterocycles. The maximum atomic E-state index is 12.9. The lowest BCUT2D eigenvalue weighted by molar-refractivity contribution is -0.139. The Hall–Kier alpha value is -2.16. The summed E-state index contributed by atoms with van der Waals surface area (Å²) in [6.45, 7) is 0. The SMILES string of the molecule is NC(=O)CC[C@@H](NC(=O)Nc1ccc(F)cc1Br)C(=O)O. The van der Waals surface area contributed by atoms with Crippen LogP contribution in [0.3, 0.4) is 0 Å². The molecular formula is C12H13BrFN3O4. The van der Waals surface area contributed by atoms with Crippen LogP contribution in [0.15, 0.2) is 22.7 Å². The van der Waals surface area contributed by atoms with E-state index in [0.29, 0.717) is 4.47 Å². The molecule has 0 saturated carbocycles. The van der Waals surface area contributed by atoms with Crippen molar-refractivity contribution in [1.82, 2.24) is 5.32 Å². The van der Waals surface area contributed by atoms with Crippen LogP contribution >= 0.6 is 15.9 Å². The number of hydrogen-bond acceptors (Lipinski definition) is 3. The summed E-state index contributed by atoms with van der Waals surface area (Å²) < 4.78 is 13.2. The molecule has 0 unspecified atom stereocenters. The van der Waals surface area contributed by atoms with Gasteiger partial charge in [-0.25, -0.2) is 14.0 Å². The number of aliphatic carboxylic acids is 1. The lowest BCUT2D eigenvalue weighted by Gasteiger charge is -2.15. The Labute approximate surface area is 127 Å². The normalized spacial score (nSPS) is 11.5. The van der Waals surface area contributed by atoms with Gasteiger partial charge in [-0.15, -0.1) is 0 Å². The number of nitrogens with one attached hydrogen (secondary N) is 2. The molecule has 0 heterocycles.